The minimum atomic E-state index is -0.564. The number of aryl methyl sites for hydroxylation is 3. The second-order valence-electron chi connectivity index (χ2n) is 6.68. The van der Waals surface area contributed by atoms with E-state index in [4.69, 9.17) is 0 Å². The molecule has 0 saturated carbocycles. The van der Waals surface area contributed by atoms with Gasteiger partial charge in [0.15, 0.2) is 0 Å². The number of amides is 1. The number of hydrogen-bond donors (Lipinski definition) is 1. The van der Waals surface area contributed by atoms with Gasteiger partial charge in [-0.1, -0.05) is 29.8 Å². The van der Waals surface area contributed by atoms with Crippen molar-refractivity contribution in [3.63, 3.8) is 0 Å². The van der Waals surface area contributed by atoms with Gasteiger partial charge in [0.25, 0.3) is 0 Å². The van der Waals surface area contributed by atoms with E-state index in [1.165, 1.54) is 22.5 Å². The van der Waals surface area contributed by atoms with Crippen molar-refractivity contribution in [2.24, 2.45) is 0 Å². The molecule has 0 spiro atoms. The van der Waals surface area contributed by atoms with Gasteiger partial charge in [-0.15, -0.1) is 0 Å². The van der Waals surface area contributed by atoms with Crippen LogP contribution in [0.5, 0.6) is 0 Å². The topological polar surface area (TPSA) is 108 Å². The molecule has 3 rings (SSSR count). The maximum atomic E-state index is 12.3. The molecule has 0 fully saturated rings. The highest BCUT2D eigenvalue weighted by atomic mass is 16.6. The molecule has 28 heavy (non-hydrogen) atoms. The van der Waals surface area contributed by atoms with Gasteiger partial charge in [0, 0.05) is 6.42 Å². The van der Waals surface area contributed by atoms with Crippen LogP contribution in [0.4, 0.5) is 11.5 Å². The van der Waals surface area contributed by atoms with Crippen molar-refractivity contribution in [1.82, 2.24) is 19.6 Å². The molecule has 9 nitrogen and oxygen atoms in total. The maximum absolute atomic E-state index is 12.3. The predicted octanol–water partition coefficient (Wildman–Crippen LogP) is 2.99. The van der Waals surface area contributed by atoms with Crippen molar-refractivity contribution >= 4 is 17.4 Å². The number of hydrogen-bond acceptors (Lipinski definition) is 5. The normalized spacial score (nSPS) is 10.8. The van der Waals surface area contributed by atoms with Crippen molar-refractivity contribution in [1.29, 1.82) is 0 Å². The fraction of sp³-hybridized carbons (Fsp3) is 0.316. The number of benzene rings is 1. The van der Waals surface area contributed by atoms with Gasteiger partial charge in [-0.05, 0) is 31.3 Å². The van der Waals surface area contributed by atoms with Gasteiger partial charge < -0.3 is 15.4 Å². The summed E-state index contributed by atoms with van der Waals surface area (Å²) in [4.78, 5) is 22.4. The molecule has 3 aromatic rings. The highest BCUT2D eigenvalue weighted by Gasteiger charge is 2.16. The molecule has 1 amide bonds. The smallest absolute Gasteiger partial charge is 0.358 e. The monoisotopic (exact) mass is 382 g/mol. The third-order valence-corrected chi connectivity index (χ3v) is 4.44. The third kappa shape index (κ3) is 4.43. The van der Waals surface area contributed by atoms with Crippen LogP contribution in [0.2, 0.25) is 0 Å². The average Bonchev–Trinajstić information content (AvgIpc) is 3.21. The van der Waals surface area contributed by atoms with E-state index in [9.17, 15) is 14.9 Å². The minimum Gasteiger partial charge on any atom is -0.358 e. The first kappa shape index (κ1) is 19.3. The Kier molecular flexibility index (Phi) is 5.53. The van der Waals surface area contributed by atoms with Crippen LogP contribution in [0.1, 0.15) is 28.9 Å². The molecule has 0 aliphatic carbocycles. The summed E-state index contributed by atoms with van der Waals surface area (Å²) in [5.74, 6) is -0.427. The molecule has 0 atom stereocenters. The molecule has 0 bridgehead atoms. The van der Waals surface area contributed by atoms with E-state index in [2.05, 4.69) is 21.6 Å². The third-order valence-electron chi connectivity index (χ3n) is 4.44. The molecule has 2 aromatic heterocycles. The van der Waals surface area contributed by atoms with Crippen LogP contribution in [-0.2, 0) is 17.9 Å². The Bertz CT molecular complexity index is 1020. The first-order valence-corrected chi connectivity index (χ1v) is 8.90. The number of carbonyl (C=O) groups excluding carboxylic acids is 1. The van der Waals surface area contributed by atoms with Gasteiger partial charge in [0.05, 0.1) is 47.5 Å². The van der Waals surface area contributed by atoms with E-state index in [0.717, 1.165) is 17.0 Å². The fourth-order valence-electron chi connectivity index (χ4n) is 3.01. The lowest BCUT2D eigenvalue weighted by Crippen LogP contribution is -2.16. The van der Waals surface area contributed by atoms with E-state index in [0.29, 0.717) is 12.2 Å². The Morgan fingerprint density at radius 3 is 2.68 bits per heavy atom. The summed E-state index contributed by atoms with van der Waals surface area (Å²) >= 11 is 0. The Labute approximate surface area is 162 Å². The van der Waals surface area contributed by atoms with E-state index >= 15 is 0 Å². The standard InChI is InChI=1S/C19H22N6O3/c1-13-5-4-6-16(11-13)12-24-15(3)19(14(2)21-24)20-18(26)8-10-23-9-7-17(22-23)25(27)28/h4-7,9,11H,8,10,12H2,1-3H3,(H,20,26). The Morgan fingerprint density at radius 1 is 1.21 bits per heavy atom. The van der Waals surface area contributed by atoms with Crippen LogP contribution in [0.15, 0.2) is 36.5 Å². The number of nitrogens with zero attached hydrogens (tertiary/aromatic N) is 5. The average molecular weight is 382 g/mol. The summed E-state index contributed by atoms with van der Waals surface area (Å²) in [6.45, 7) is 6.70. The van der Waals surface area contributed by atoms with E-state index in [1.54, 1.807) is 0 Å². The summed E-state index contributed by atoms with van der Waals surface area (Å²) in [5.41, 5.74) is 4.65. The lowest BCUT2D eigenvalue weighted by Gasteiger charge is -2.08. The van der Waals surface area contributed by atoms with E-state index in [1.807, 2.05) is 43.7 Å². The number of nitrogens with one attached hydrogen (secondary N) is 1. The van der Waals surface area contributed by atoms with Crippen LogP contribution in [0.25, 0.3) is 0 Å². The summed E-state index contributed by atoms with van der Waals surface area (Å²) < 4.78 is 3.26. The second-order valence-corrected chi connectivity index (χ2v) is 6.68. The number of nitro groups is 1. The first-order chi connectivity index (χ1) is 13.3. The molecule has 0 saturated heterocycles. The first-order valence-electron chi connectivity index (χ1n) is 8.90. The minimum absolute atomic E-state index is 0.154. The number of rotatable bonds is 7. The SMILES string of the molecule is Cc1cccc(Cn2nc(C)c(NC(=O)CCn3ccc([N+](=O)[O-])n3)c2C)c1. The highest BCUT2D eigenvalue weighted by molar-refractivity contribution is 5.91. The lowest BCUT2D eigenvalue weighted by molar-refractivity contribution is -0.389. The fourth-order valence-corrected chi connectivity index (χ4v) is 3.01. The highest BCUT2D eigenvalue weighted by Crippen LogP contribution is 2.21. The Hall–Kier alpha value is -3.49. The molecule has 0 radical (unpaired) electrons. The summed E-state index contributed by atoms with van der Waals surface area (Å²) in [6.07, 6.45) is 1.64. The van der Waals surface area contributed by atoms with Crippen LogP contribution in [-0.4, -0.2) is 30.4 Å². The van der Waals surface area contributed by atoms with Crippen LogP contribution < -0.4 is 5.32 Å². The molecule has 0 aliphatic heterocycles. The molecule has 1 aromatic carbocycles. The van der Waals surface area contributed by atoms with Crippen molar-refractivity contribution < 1.29 is 9.72 Å². The number of anilines is 1. The van der Waals surface area contributed by atoms with E-state index < -0.39 is 4.92 Å². The van der Waals surface area contributed by atoms with Gasteiger partial charge in [0.1, 0.15) is 0 Å². The quantitative estimate of drug-likeness (QED) is 0.499. The van der Waals surface area contributed by atoms with Crippen molar-refractivity contribution in [2.75, 3.05) is 5.32 Å². The van der Waals surface area contributed by atoms with Gasteiger partial charge in [-0.25, -0.2) is 0 Å². The van der Waals surface area contributed by atoms with Crippen LogP contribution in [0.3, 0.4) is 0 Å². The molecule has 146 valence electrons. The summed E-state index contributed by atoms with van der Waals surface area (Å²) in [5, 5.41) is 21.9. The van der Waals surface area contributed by atoms with Crippen molar-refractivity contribution in [2.45, 2.75) is 40.3 Å². The predicted molar refractivity (Wildman–Crippen MR) is 104 cm³/mol. The van der Waals surface area contributed by atoms with Gasteiger partial charge in [-0.3, -0.25) is 9.48 Å². The molecule has 0 aliphatic rings. The molecule has 1 N–H and O–H groups in total. The van der Waals surface area contributed by atoms with Crippen molar-refractivity contribution in [3.8, 4) is 0 Å². The number of carbonyl (C=O) groups is 1. The molecule has 9 heteroatoms. The van der Waals surface area contributed by atoms with Gasteiger partial charge in [-0.2, -0.15) is 9.78 Å². The van der Waals surface area contributed by atoms with Gasteiger partial charge in [0.2, 0.25) is 5.91 Å². The Morgan fingerprint density at radius 2 is 2.00 bits per heavy atom. The maximum Gasteiger partial charge on any atom is 0.389 e. The lowest BCUT2D eigenvalue weighted by atomic mass is 10.1. The zero-order chi connectivity index (χ0) is 20.3. The van der Waals surface area contributed by atoms with Gasteiger partial charge >= 0.3 is 5.82 Å². The molecular weight excluding hydrogens is 360 g/mol. The second kappa shape index (κ2) is 8.03. The van der Waals surface area contributed by atoms with Crippen molar-refractivity contribution in [3.05, 3.63) is 69.2 Å². The molecule has 0 unspecified atom stereocenters. The zero-order valence-electron chi connectivity index (χ0n) is 16.0. The summed E-state index contributed by atoms with van der Waals surface area (Å²) in [7, 11) is 0. The zero-order valence-corrected chi connectivity index (χ0v) is 16.0. The van der Waals surface area contributed by atoms with Crippen LogP contribution in [0, 0.1) is 30.9 Å². The van der Waals surface area contributed by atoms with E-state index in [-0.39, 0.29) is 24.7 Å². The molecule has 2 heterocycles. The largest absolute Gasteiger partial charge is 0.389 e. The van der Waals surface area contributed by atoms with Crippen LogP contribution >= 0.6 is 0 Å². The number of aromatic nitrogens is 4. The molecular formula is C19H22N6O3. The summed E-state index contributed by atoms with van der Waals surface area (Å²) in [6, 6.07) is 9.52. The Balaban J connectivity index is 1.64.